The van der Waals surface area contributed by atoms with E-state index in [0.717, 1.165) is 4.31 Å². The molecule has 1 heterocycles. The van der Waals surface area contributed by atoms with Gasteiger partial charge in [0.2, 0.25) is 15.5 Å². The van der Waals surface area contributed by atoms with Crippen molar-refractivity contribution in [1.82, 2.24) is 9.62 Å². The fourth-order valence-corrected chi connectivity index (χ4v) is 4.16. The lowest BCUT2D eigenvalue weighted by Crippen LogP contribution is -2.31. The lowest BCUT2D eigenvalue weighted by molar-refractivity contribution is -0.136. The molecule has 2 rings (SSSR count). The zero-order valence-electron chi connectivity index (χ0n) is 14.0. The molecule has 0 radical (unpaired) electrons. The van der Waals surface area contributed by atoms with Crippen LogP contribution in [0.4, 0.5) is 0 Å². The first-order valence-electron chi connectivity index (χ1n) is 7.61. The Balaban J connectivity index is 0.000000336. The number of halogens is 4. The van der Waals surface area contributed by atoms with Crippen molar-refractivity contribution in [2.75, 3.05) is 12.8 Å². The summed E-state index contributed by atoms with van der Waals surface area (Å²) in [4.78, 5) is 49.2. The van der Waals surface area contributed by atoms with Crippen molar-refractivity contribution in [2.24, 2.45) is 11.8 Å². The number of imide groups is 1. The molecule has 4 N–H and O–H groups in total. The van der Waals surface area contributed by atoms with Gasteiger partial charge < -0.3 is 14.9 Å². The van der Waals surface area contributed by atoms with Crippen molar-refractivity contribution in [3.63, 3.8) is 0 Å². The van der Waals surface area contributed by atoms with E-state index in [4.69, 9.17) is 61.3 Å². The maximum Gasteiger partial charge on any atom is 0.339 e. The van der Waals surface area contributed by atoms with Crippen LogP contribution in [0.3, 0.4) is 0 Å². The number of allylic oxidation sites excluding steroid dienone is 2. The number of hydrogen-bond acceptors (Lipinski definition) is 6. The Labute approximate surface area is 185 Å². The number of hydrogen-bond donors (Lipinski definition) is 4. The number of fused-ring (bicyclic) bond motifs is 1. The van der Waals surface area contributed by atoms with Gasteiger partial charge in [0.25, 0.3) is 0 Å². The maximum atomic E-state index is 12.1. The van der Waals surface area contributed by atoms with Crippen LogP contribution in [-0.4, -0.2) is 58.3 Å². The van der Waals surface area contributed by atoms with Crippen LogP contribution >= 0.6 is 65.9 Å². The third-order valence-electron chi connectivity index (χ3n) is 3.53. The first-order chi connectivity index (χ1) is 12.8. The first-order valence-corrected chi connectivity index (χ1v) is 11.8. The van der Waals surface area contributed by atoms with E-state index in [1.54, 1.807) is 0 Å². The third kappa shape index (κ3) is 8.01. The minimum atomic E-state index is -4.10. The number of carboxylic acid groups (broad SMARTS) is 1. The molecule has 1 fully saturated rings. The average molecular weight is 518 g/mol. The second kappa shape index (κ2) is 10.8. The first kappa shape index (κ1) is 26.0. The van der Waals surface area contributed by atoms with Crippen LogP contribution in [0, 0.1) is 11.8 Å². The van der Waals surface area contributed by atoms with Gasteiger partial charge in [0.1, 0.15) is 0 Å². The summed E-state index contributed by atoms with van der Waals surface area (Å²) in [7, 11) is -4.10. The van der Waals surface area contributed by atoms with Crippen LogP contribution in [0.15, 0.2) is 12.2 Å². The predicted octanol–water partition coefficient (Wildman–Crippen LogP) is 2.32. The largest absolute Gasteiger partial charge is 0.480 e. The van der Waals surface area contributed by atoms with E-state index in [2.05, 4.69) is 5.32 Å². The van der Waals surface area contributed by atoms with E-state index in [-0.39, 0.29) is 23.7 Å². The van der Waals surface area contributed by atoms with Gasteiger partial charge in [-0.1, -0.05) is 35.4 Å². The number of alkyl halides is 4. The molecule has 2 aliphatic rings. The third-order valence-corrected chi connectivity index (χ3v) is 7.40. The topological polar surface area (TPSA) is 144 Å². The minimum Gasteiger partial charge on any atom is -0.480 e. The van der Waals surface area contributed by atoms with Gasteiger partial charge in [-0.2, -0.15) is 0 Å². The number of rotatable bonds is 7. The second-order valence-corrected chi connectivity index (χ2v) is 11.5. The fraction of sp³-hybridized carbons (Fsp3) is 0.615. The number of nitrogens with zero attached hydrogens (tertiary/aromatic N) is 1. The Morgan fingerprint density at radius 2 is 1.71 bits per heavy atom. The van der Waals surface area contributed by atoms with Crippen LogP contribution in [-0.2, 0) is 18.9 Å². The lowest BCUT2D eigenvalue weighted by atomic mass is 9.85. The van der Waals surface area contributed by atoms with Crippen molar-refractivity contribution >= 4 is 83.7 Å². The normalized spacial score (nSPS) is 22.2. The summed E-state index contributed by atoms with van der Waals surface area (Å²) in [6.07, 6.45) is 4.34. The van der Waals surface area contributed by atoms with E-state index in [1.807, 2.05) is 12.2 Å². The van der Waals surface area contributed by atoms with Gasteiger partial charge in [0, 0.05) is 11.9 Å². The molecular formula is C13H17Cl4N2O7PS. The summed E-state index contributed by atoms with van der Waals surface area (Å²) in [5.41, 5.74) is 0. The van der Waals surface area contributed by atoms with Crippen molar-refractivity contribution in [3.8, 4) is 0 Å². The van der Waals surface area contributed by atoms with Crippen LogP contribution in [0.2, 0.25) is 0 Å². The summed E-state index contributed by atoms with van der Waals surface area (Å²) >= 11 is 23.7. The molecule has 0 aromatic heterocycles. The van der Waals surface area contributed by atoms with Gasteiger partial charge in [0.15, 0.2) is 4.84 Å². The number of amides is 2. The van der Waals surface area contributed by atoms with Crippen LogP contribution in [0.25, 0.3) is 0 Å². The summed E-state index contributed by atoms with van der Waals surface area (Å²) in [5.74, 6) is -2.34. The molecule has 2 unspecified atom stereocenters. The highest BCUT2D eigenvalue weighted by Gasteiger charge is 2.51. The van der Waals surface area contributed by atoms with Crippen LogP contribution < -0.4 is 5.32 Å². The Hall–Kier alpha value is -0.0300. The Morgan fingerprint density at radius 3 is 2.07 bits per heavy atom. The highest BCUT2D eigenvalue weighted by molar-refractivity contribution is 8.02. The van der Waals surface area contributed by atoms with E-state index >= 15 is 0 Å². The molecule has 1 aliphatic heterocycles. The number of carboxylic acids is 1. The van der Waals surface area contributed by atoms with Gasteiger partial charge in [-0.05, 0) is 12.8 Å². The SMILES string of the molecule is O=C(O)CNCP(=O)(O)O.O=C1C2CC=CCC2C(=O)N1SC(Cl)(Cl)C(Cl)Cl. The number of aliphatic carboxylic acids is 1. The summed E-state index contributed by atoms with van der Waals surface area (Å²) in [5, 5.41) is 10.1. The highest BCUT2D eigenvalue weighted by atomic mass is 35.5. The van der Waals surface area contributed by atoms with Gasteiger partial charge >= 0.3 is 13.6 Å². The Bertz CT molecular complexity index is 662. The molecule has 1 aliphatic carbocycles. The molecule has 28 heavy (non-hydrogen) atoms. The Morgan fingerprint density at radius 1 is 1.25 bits per heavy atom. The van der Waals surface area contributed by atoms with Gasteiger partial charge in [-0.15, -0.1) is 23.2 Å². The summed E-state index contributed by atoms with van der Waals surface area (Å²) < 4.78 is 9.42. The van der Waals surface area contributed by atoms with Crippen molar-refractivity contribution < 1.29 is 33.8 Å². The summed E-state index contributed by atoms with van der Waals surface area (Å²) in [6.45, 7) is -0.439. The molecule has 0 bridgehead atoms. The summed E-state index contributed by atoms with van der Waals surface area (Å²) in [6, 6.07) is 0. The number of nitrogens with one attached hydrogen (secondary N) is 1. The quantitative estimate of drug-likeness (QED) is 0.131. The Kier molecular flexibility index (Phi) is 10.1. The van der Waals surface area contributed by atoms with E-state index in [9.17, 15) is 18.9 Å². The monoisotopic (exact) mass is 516 g/mol. The second-order valence-electron chi connectivity index (χ2n) is 5.72. The standard InChI is InChI=1S/C10H9Cl4NO2S.C3H8NO5P/c11-9(12)10(13,14)18-15-7(16)5-3-1-2-4-6(5)8(15)17;5-3(6)1-4-2-10(7,8)9/h1-2,5-6,9H,3-4H2;4H,1-2H2,(H,5,6)(H2,7,8,9). The van der Waals surface area contributed by atoms with Gasteiger partial charge in [0.05, 0.1) is 24.7 Å². The molecular weight excluding hydrogens is 501 g/mol. The zero-order valence-corrected chi connectivity index (χ0v) is 18.7. The van der Waals surface area contributed by atoms with Gasteiger partial charge in [-0.25, -0.2) is 4.31 Å². The van der Waals surface area contributed by atoms with Crippen molar-refractivity contribution in [3.05, 3.63) is 12.2 Å². The molecule has 1 saturated heterocycles. The molecule has 2 atom stereocenters. The van der Waals surface area contributed by atoms with Crippen LogP contribution in [0.5, 0.6) is 0 Å². The predicted molar refractivity (Wildman–Crippen MR) is 107 cm³/mol. The molecule has 0 saturated carbocycles. The lowest BCUT2D eigenvalue weighted by Gasteiger charge is -2.24. The zero-order chi connectivity index (χ0) is 21.7. The van der Waals surface area contributed by atoms with Crippen molar-refractivity contribution in [2.45, 2.75) is 21.3 Å². The van der Waals surface area contributed by atoms with E-state index in [1.165, 1.54) is 0 Å². The van der Waals surface area contributed by atoms with E-state index < -0.39 is 34.9 Å². The molecule has 2 amide bonds. The molecule has 0 aromatic rings. The molecule has 160 valence electrons. The minimum absolute atomic E-state index is 0.279. The average Bonchev–Trinajstić information content (AvgIpc) is 2.79. The molecule has 0 spiro atoms. The number of carbonyl (C=O) groups is 3. The van der Waals surface area contributed by atoms with Crippen molar-refractivity contribution in [1.29, 1.82) is 0 Å². The molecule has 0 aromatic carbocycles. The van der Waals surface area contributed by atoms with E-state index in [0.29, 0.717) is 24.8 Å². The fourth-order valence-electron chi connectivity index (χ4n) is 2.33. The van der Waals surface area contributed by atoms with Crippen LogP contribution in [0.1, 0.15) is 12.8 Å². The molecule has 15 heteroatoms. The smallest absolute Gasteiger partial charge is 0.339 e. The maximum absolute atomic E-state index is 12.1. The molecule has 9 nitrogen and oxygen atoms in total. The highest BCUT2D eigenvalue weighted by Crippen LogP contribution is 2.48. The van der Waals surface area contributed by atoms with Gasteiger partial charge in [-0.3, -0.25) is 24.3 Å². The number of carbonyl (C=O) groups excluding carboxylic acids is 2.